The largest absolute Gasteiger partial charge is 0.342 e. The number of nitrogens with zero attached hydrogens (tertiary/aromatic N) is 5. The van der Waals surface area contributed by atoms with Gasteiger partial charge in [0.2, 0.25) is 11.7 Å². The number of amides is 1. The summed E-state index contributed by atoms with van der Waals surface area (Å²) >= 11 is 0. The number of carbonyl (C=O) groups is 1. The van der Waals surface area contributed by atoms with Gasteiger partial charge in [0, 0.05) is 23.6 Å². The third-order valence-electron chi connectivity index (χ3n) is 5.52. The van der Waals surface area contributed by atoms with Gasteiger partial charge in [-0.1, -0.05) is 36.8 Å². The number of hydrogen-bond acceptors (Lipinski definition) is 5. The van der Waals surface area contributed by atoms with Crippen molar-refractivity contribution in [2.75, 3.05) is 5.32 Å². The van der Waals surface area contributed by atoms with E-state index in [0.29, 0.717) is 31.1 Å². The molecule has 2 heterocycles. The molecule has 0 atom stereocenters. The SMILES string of the molecule is O=C(CCCn1nnc(-c2ccccc2)n1)Nc1ccc2nc(C3CCC3)[nH]c2c1. The Kier molecular flexibility index (Phi) is 4.96. The number of carbonyl (C=O) groups excluding carboxylic acids is 1. The van der Waals surface area contributed by atoms with E-state index in [9.17, 15) is 4.79 Å². The molecule has 2 N–H and O–H groups in total. The molecule has 1 fully saturated rings. The van der Waals surface area contributed by atoms with Gasteiger partial charge in [-0.2, -0.15) is 4.80 Å². The van der Waals surface area contributed by atoms with Crippen molar-refractivity contribution in [3.05, 3.63) is 54.4 Å². The molecule has 30 heavy (non-hydrogen) atoms. The molecule has 4 aromatic rings. The molecule has 1 aliphatic rings. The van der Waals surface area contributed by atoms with Crippen LogP contribution in [0.3, 0.4) is 0 Å². The van der Waals surface area contributed by atoms with Crippen molar-refractivity contribution >= 4 is 22.6 Å². The van der Waals surface area contributed by atoms with Crippen molar-refractivity contribution in [2.45, 2.75) is 44.6 Å². The van der Waals surface area contributed by atoms with E-state index in [2.05, 4.69) is 30.7 Å². The molecule has 1 amide bonds. The number of aromatic amines is 1. The molecule has 8 heteroatoms. The van der Waals surface area contributed by atoms with Crippen molar-refractivity contribution < 1.29 is 4.79 Å². The Morgan fingerprint density at radius 1 is 1.17 bits per heavy atom. The van der Waals surface area contributed by atoms with Gasteiger partial charge in [-0.25, -0.2) is 4.98 Å². The van der Waals surface area contributed by atoms with E-state index in [-0.39, 0.29) is 5.91 Å². The predicted molar refractivity (Wildman–Crippen MR) is 114 cm³/mol. The minimum absolute atomic E-state index is 0.0310. The quantitative estimate of drug-likeness (QED) is 0.489. The monoisotopic (exact) mass is 401 g/mol. The van der Waals surface area contributed by atoms with Crippen molar-refractivity contribution in [3.8, 4) is 11.4 Å². The molecule has 5 rings (SSSR count). The number of benzene rings is 2. The lowest BCUT2D eigenvalue weighted by Gasteiger charge is -2.22. The number of H-pyrrole nitrogens is 1. The maximum atomic E-state index is 12.3. The van der Waals surface area contributed by atoms with Crippen molar-refractivity contribution in [3.63, 3.8) is 0 Å². The minimum atomic E-state index is -0.0310. The Bertz CT molecular complexity index is 1160. The molecule has 0 unspecified atom stereocenters. The first-order chi connectivity index (χ1) is 14.7. The lowest BCUT2D eigenvalue weighted by Crippen LogP contribution is -2.13. The van der Waals surface area contributed by atoms with Gasteiger partial charge in [0.15, 0.2) is 0 Å². The molecular weight excluding hydrogens is 378 g/mol. The zero-order valence-corrected chi connectivity index (χ0v) is 16.6. The van der Waals surface area contributed by atoms with Crippen LogP contribution in [0.25, 0.3) is 22.4 Å². The number of hydrogen-bond donors (Lipinski definition) is 2. The molecule has 0 aliphatic heterocycles. The smallest absolute Gasteiger partial charge is 0.224 e. The van der Waals surface area contributed by atoms with Gasteiger partial charge in [-0.05, 0) is 42.7 Å². The van der Waals surface area contributed by atoms with E-state index in [1.165, 1.54) is 24.1 Å². The summed E-state index contributed by atoms with van der Waals surface area (Å²) in [5.74, 6) is 2.18. The van der Waals surface area contributed by atoms with E-state index in [1.807, 2.05) is 48.5 Å². The molecule has 1 saturated carbocycles. The van der Waals surface area contributed by atoms with Crippen LogP contribution in [0.5, 0.6) is 0 Å². The zero-order chi connectivity index (χ0) is 20.3. The first kappa shape index (κ1) is 18.5. The Labute approximate surface area is 173 Å². The number of tetrazole rings is 1. The third kappa shape index (κ3) is 3.94. The van der Waals surface area contributed by atoms with Crippen LogP contribution in [0.15, 0.2) is 48.5 Å². The van der Waals surface area contributed by atoms with E-state index in [4.69, 9.17) is 0 Å². The Balaban J connectivity index is 1.14. The summed E-state index contributed by atoms with van der Waals surface area (Å²) in [4.78, 5) is 21.9. The Morgan fingerprint density at radius 2 is 2.03 bits per heavy atom. The highest BCUT2D eigenvalue weighted by atomic mass is 16.1. The molecule has 8 nitrogen and oxygen atoms in total. The van der Waals surface area contributed by atoms with Crippen LogP contribution in [0.2, 0.25) is 0 Å². The fourth-order valence-electron chi connectivity index (χ4n) is 3.63. The van der Waals surface area contributed by atoms with Crippen LogP contribution in [-0.4, -0.2) is 36.1 Å². The maximum Gasteiger partial charge on any atom is 0.224 e. The summed E-state index contributed by atoms with van der Waals surface area (Å²) in [5.41, 5.74) is 3.62. The molecule has 2 aromatic heterocycles. The molecule has 152 valence electrons. The number of imidazole rings is 1. The van der Waals surface area contributed by atoms with Crippen molar-refractivity contribution in [1.29, 1.82) is 0 Å². The second-order valence-corrected chi connectivity index (χ2v) is 7.71. The first-order valence-electron chi connectivity index (χ1n) is 10.4. The van der Waals surface area contributed by atoms with Crippen LogP contribution >= 0.6 is 0 Å². The lowest BCUT2D eigenvalue weighted by atomic mass is 9.85. The van der Waals surface area contributed by atoms with E-state index in [1.54, 1.807) is 0 Å². The molecular formula is C22H23N7O. The van der Waals surface area contributed by atoms with Gasteiger partial charge in [0.1, 0.15) is 5.82 Å². The molecule has 1 aliphatic carbocycles. The number of aryl methyl sites for hydroxylation is 1. The number of rotatable bonds is 7. The number of aromatic nitrogens is 6. The molecule has 0 spiro atoms. The topological polar surface area (TPSA) is 101 Å². The third-order valence-corrected chi connectivity index (χ3v) is 5.52. The van der Waals surface area contributed by atoms with Crippen LogP contribution in [0.1, 0.15) is 43.8 Å². The Morgan fingerprint density at radius 3 is 2.83 bits per heavy atom. The minimum Gasteiger partial charge on any atom is -0.342 e. The van der Waals surface area contributed by atoms with Gasteiger partial charge in [0.05, 0.1) is 17.6 Å². The van der Waals surface area contributed by atoms with Crippen LogP contribution in [0.4, 0.5) is 5.69 Å². The van der Waals surface area contributed by atoms with Gasteiger partial charge in [-0.15, -0.1) is 10.2 Å². The average molecular weight is 401 g/mol. The summed E-state index contributed by atoms with van der Waals surface area (Å²) in [5, 5.41) is 15.5. The fraction of sp³-hybridized carbons (Fsp3) is 0.318. The number of nitrogens with one attached hydrogen (secondary N) is 2. The highest BCUT2D eigenvalue weighted by molar-refractivity contribution is 5.93. The van der Waals surface area contributed by atoms with E-state index < -0.39 is 0 Å². The first-order valence-corrected chi connectivity index (χ1v) is 10.4. The van der Waals surface area contributed by atoms with Crippen LogP contribution in [0, 0.1) is 0 Å². The van der Waals surface area contributed by atoms with Crippen LogP contribution < -0.4 is 5.32 Å². The zero-order valence-electron chi connectivity index (χ0n) is 16.6. The normalized spacial score (nSPS) is 14.0. The second-order valence-electron chi connectivity index (χ2n) is 7.71. The van der Waals surface area contributed by atoms with Gasteiger partial charge >= 0.3 is 0 Å². The molecule has 0 radical (unpaired) electrons. The summed E-state index contributed by atoms with van der Waals surface area (Å²) in [6.45, 7) is 0.539. The fourth-order valence-corrected chi connectivity index (χ4v) is 3.63. The standard InChI is InChI=1S/C22H23N7O/c30-20(10-5-13-29-27-22(26-28-29)16-6-2-1-3-7-16)23-17-11-12-18-19(14-17)25-21(24-18)15-8-4-9-15/h1-3,6-7,11-12,14-15H,4-5,8-10,13H2,(H,23,30)(H,24,25). The highest BCUT2D eigenvalue weighted by Gasteiger charge is 2.22. The van der Waals surface area contributed by atoms with E-state index >= 15 is 0 Å². The van der Waals surface area contributed by atoms with Crippen molar-refractivity contribution in [1.82, 2.24) is 30.2 Å². The predicted octanol–water partition coefficient (Wildman–Crippen LogP) is 3.90. The van der Waals surface area contributed by atoms with Gasteiger partial charge in [0.25, 0.3) is 0 Å². The second kappa shape index (κ2) is 8.06. The molecule has 2 aromatic carbocycles. The number of anilines is 1. The molecule has 0 bridgehead atoms. The Hall–Kier alpha value is -3.55. The van der Waals surface area contributed by atoms with E-state index in [0.717, 1.165) is 28.1 Å². The van der Waals surface area contributed by atoms with Crippen LogP contribution in [-0.2, 0) is 11.3 Å². The number of fused-ring (bicyclic) bond motifs is 1. The lowest BCUT2D eigenvalue weighted by molar-refractivity contribution is -0.116. The average Bonchev–Trinajstić information content (AvgIpc) is 3.34. The molecule has 0 saturated heterocycles. The summed E-state index contributed by atoms with van der Waals surface area (Å²) < 4.78 is 0. The van der Waals surface area contributed by atoms with Gasteiger partial charge < -0.3 is 10.3 Å². The summed E-state index contributed by atoms with van der Waals surface area (Å²) in [6, 6.07) is 15.5. The summed E-state index contributed by atoms with van der Waals surface area (Å²) in [7, 11) is 0. The van der Waals surface area contributed by atoms with Gasteiger partial charge in [-0.3, -0.25) is 4.79 Å². The summed E-state index contributed by atoms with van der Waals surface area (Å²) in [6.07, 6.45) is 4.71. The van der Waals surface area contributed by atoms with Crippen molar-refractivity contribution in [2.24, 2.45) is 0 Å². The highest BCUT2D eigenvalue weighted by Crippen LogP contribution is 2.35. The maximum absolute atomic E-state index is 12.3.